The summed E-state index contributed by atoms with van der Waals surface area (Å²) >= 11 is 0. The second kappa shape index (κ2) is 37.9. The van der Waals surface area contributed by atoms with Crippen LogP contribution in [0.5, 0.6) is 0 Å². The van der Waals surface area contributed by atoms with Gasteiger partial charge in [0.2, 0.25) is 0 Å². The molecule has 0 spiro atoms. The molecule has 0 aliphatic rings. The summed E-state index contributed by atoms with van der Waals surface area (Å²) in [6, 6.07) is 0. The normalized spacial score (nSPS) is 4.60. The fourth-order valence-corrected chi connectivity index (χ4v) is 0. The minimum absolute atomic E-state index is 0.250. The summed E-state index contributed by atoms with van der Waals surface area (Å²) in [5.74, 6) is 0. The second-order valence-electron chi connectivity index (χ2n) is 0.316. The first-order chi connectivity index (χ1) is 2.41. The molecule has 0 aromatic heterocycles. The first kappa shape index (κ1) is 8.88. The van der Waals surface area contributed by atoms with E-state index in [1.165, 1.54) is 0 Å². The van der Waals surface area contributed by atoms with Gasteiger partial charge in [0, 0.05) is 6.61 Å². The molecule has 0 atom stereocenters. The van der Waals surface area contributed by atoms with Gasteiger partial charge in [-0.1, -0.05) is 0 Å². The van der Waals surface area contributed by atoms with Gasteiger partial charge >= 0.3 is 8.12 Å². The van der Waals surface area contributed by atoms with E-state index in [1.807, 2.05) is 0 Å². The maximum atomic E-state index is 9.00. The van der Waals surface area contributed by atoms with E-state index in [1.54, 1.807) is 6.92 Å². The molecular formula is C2H6BFO. The van der Waals surface area contributed by atoms with Crippen LogP contribution in [0.25, 0.3) is 0 Å². The smallest absolute Gasteiger partial charge is 0.350 e. The third kappa shape index (κ3) is 7440. The maximum Gasteiger partial charge on any atom is 0.350 e. The van der Waals surface area contributed by atoms with E-state index in [-0.39, 0.29) is 6.61 Å². The molecule has 3 heteroatoms. The SMILES string of the molecule is CCO.[B]F. The van der Waals surface area contributed by atoms with Crippen LogP contribution in [0.4, 0.5) is 4.32 Å². The molecule has 5 heavy (non-hydrogen) atoms. The molecule has 0 fully saturated rings. The van der Waals surface area contributed by atoms with Crippen molar-refractivity contribution in [2.24, 2.45) is 0 Å². The Kier molecular flexibility index (Phi) is 67.2. The molecule has 0 bridgehead atoms. The van der Waals surface area contributed by atoms with Crippen molar-refractivity contribution < 1.29 is 9.42 Å². The van der Waals surface area contributed by atoms with Crippen LogP contribution >= 0.6 is 0 Å². The molecule has 0 rings (SSSR count). The number of aliphatic hydroxyl groups excluding tert-OH is 1. The van der Waals surface area contributed by atoms with Gasteiger partial charge in [0.15, 0.2) is 0 Å². The molecule has 0 saturated heterocycles. The summed E-state index contributed by atoms with van der Waals surface area (Å²) in [5.41, 5.74) is 0. The Hall–Kier alpha value is -0.0451. The average molecular weight is 75.9 g/mol. The highest BCUT2D eigenvalue weighted by Gasteiger charge is 1.34. The molecule has 0 aromatic carbocycles. The van der Waals surface area contributed by atoms with E-state index in [0.717, 1.165) is 0 Å². The Morgan fingerprint density at radius 3 is 1.80 bits per heavy atom. The molecule has 0 saturated carbocycles. The highest BCUT2D eigenvalue weighted by atomic mass is 19.1. The lowest BCUT2D eigenvalue weighted by atomic mass is 10.7. The fraction of sp³-hybridized carbons (Fsp3) is 1.00. The van der Waals surface area contributed by atoms with Gasteiger partial charge < -0.3 is 9.42 Å². The Bertz CT molecular complexity index is 9.61. The zero-order valence-electron chi connectivity index (χ0n) is 3.11. The minimum atomic E-state index is 0.250. The monoisotopic (exact) mass is 76.0 g/mol. The molecule has 0 unspecified atom stereocenters. The lowest BCUT2D eigenvalue weighted by molar-refractivity contribution is 0.318. The molecule has 1 N–H and O–H groups in total. The third-order valence-electron chi connectivity index (χ3n) is 0. The van der Waals surface area contributed by atoms with Gasteiger partial charge in [-0.05, 0) is 6.92 Å². The van der Waals surface area contributed by atoms with E-state index >= 15 is 0 Å². The number of hydrogen-bond donors (Lipinski definition) is 1. The largest absolute Gasteiger partial charge is 0.397 e. The number of hydrogen-bond acceptors (Lipinski definition) is 1. The van der Waals surface area contributed by atoms with Crippen molar-refractivity contribution in [3.63, 3.8) is 0 Å². The van der Waals surface area contributed by atoms with E-state index in [0.29, 0.717) is 0 Å². The Balaban J connectivity index is 0. The van der Waals surface area contributed by atoms with Gasteiger partial charge in [-0.3, -0.25) is 0 Å². The van der Waals surface area contributed by atoms with Crippen LogP contribution in [0, 0.1) is 0 Å². The second-order valence-corrected chi connectivity index (χ2v) is 0.316. The van der Waals surface area contributed by atoms with E-state index in [4.69, 9.17) is 9.42 Å². The summed E-state index contributed by atoms with van der Waals surface area (Å²) in [7, 11) is 3.00. The standard InChI is InChI=1S/C2H6O.BF/c1-2-3;1-2/h3H,2H2,1H3;. The average Bonchev–Trinajstić information content (AvgIpc) is 1.46. The molecule has 1 nitrogen and oxygen atoms in total. The maximum absolute atomic E-state index is 9.00. The van der Waals surface area contributed by atoms with Crippen molar-refractivity contribution in [3.05, 3.63) is 0 Å². The Morgan fingerprint density at radius 1 is 1.80 bits per heavy atom. The van der Waals surface area contributed by atoms with Crippen LogP contribution in [0.2, 0.25) is 0 Å². The first-order valence-electron chi connectivity index (χ1n) is 1.24. The summed E-state index contributed by atoms with van der Waals surface area (Å²) in [4.78, 5) is 0. The van der Waals surface area contributed by atoms with Crippen LogP contribution < -0.4 is 0 Å². The van der Waals surface area contributed by atoms with Crippen LogP contribution in [-0.4, -0.2) is 19.8 Å². The van der Waals surface area contributed by atoms with Crippen LogP contribution in [0.1, 0.15) is 6.92 Å². The van der Waals surface area contributed by atoms with E-state index < -0.39 is 0 Å². The zero-order chi connectivity index (χ0) is 4.71. The first-order valence-corrected chi connectivity index (χ1v) is 1.24. The van der Waals surface area contributed by atoms with Crippen molar-refractivity contribution in [1.82, 2.24) is 0 Å². The highest BCUT2D eigenvalue weighted by Crippen LogP contribution is 1.30. The fourth-order valence-electron chi connectivity index (χ4n) is 0. The van der Waals surface area contributed by atoms with E-state index in [2.05, 4.69) is 8.12 Å². The van der Waals surface area contributed by atoms with Crippen molar-refractivity contribution in [2.45, 2.75) is 6.92 Å². The lowest BCUT2D eigenvalue weighted by Crippen LogP contribution is -1.57. The topological polar surface area (TPSA) is 20.2 Å². The summed E-state index contributed by atoms with van der Waals surface area (Å²) in [6.45, 7) is 1.93. The Labute approximate surface area is 32.3 Å². The summed E-state index contributed by atoms with van der Waals surface area (Å²) in [5, 5.41) is 7.57. The van der Waals surface area contributed by atoms with Gasteiger partial charge in [0.1, 0.15) is 0 Å². The van der Waals surface area contributed by atoms with Crippen LogP contribution in [-0.2, 0) is 0 Å². The van der Waals surface area contributed by atoms with Gasteiger partial charge in [-0.25, -0.2) is 0 Å². The van der Waals surface area contributed by atoms with Crippen molar-refractivity contribution >= 4 is 8.12 Å². The van der Waals surface area contributed by atoms with Crippen LogP contribution in [0.15, 0.2) is 0 Å². The van der Waals surface area contributed by atoms with Crippen molar-refractivity contribution in [3.8, 4) is 0 Å². The zero-order valence-corrected chi connectivity index (χ0v) is 3.11. The quantitative estimate of drug-likeness (QED) is 0.404. The minimum Gasteiger partial charge on any atom is -0.397 e. The van der Waals surface area contributed by atoms with Crippen LogP contribution in [0.3, 0.4) is 0 Å². The lowest BCUT2D eigenvalue weighted by Gasteiger charge is -1.52. The Morgan fingerprint density at radius 2 is 1.80 bits per heavy atom. The number of halogens is 1. The number of rotatable bonds is 0. The van der Waals surface area contributed by atoms with Gasteiger partial charge in [0.25, 0.3) is 0 Å². The van der Waals surface area contributed by atoms with Gasteiger partial charge in [0.05, 0.1) is 0 Å². The van der Waals surface area contributed by atoms with E-state index in [9.17, 15) is 0 Å². The molecule has 0 heterocycles. The van der Waals surface area contributed by atoms with Crippen molar-refractivity contribution in [1.29, 1.82) is 0 Å². The number of aliphatic hydroxyl groups is 1. The van der Waals surface area contributed by atoms with Gasteiger partial charge in [-0.15, -0.1) is 0 Å². The summed E-state index contributed by atoms with van der Waals surface area (Å²) < 4.78 is 9.00. The predicted molar refractivity (Wildman–Crippen MR) is 19.6 cm³/mol. The molecule has 0 amide bonds. The molecule has 0 aliphatic heterocycles. The predicted octanol–water partition coefficient (Wildman–Crippen LogP) is 0.0380. The van der Waals surface area contributed by atoms with Gasteiger partial charge in [-0.2, -0.15) is 0 Å². The molecule has 0 aliphatic carbocycles. The highest BCUT2D eigenvalue weighted by molar-refractivity contribution is 5.96. The third-order valence-corrected chi connectivity index (χ3v) is 0. The summed E-state index contributed by atoms with van der Waals surface area (Å²) in [6.07, 6.45) is 0. The molecular weight excluding hydrogens is 69.8 g/mol. The molecule has 0 aromatic rings. The molecule has 30 valence electrons. The van der Waals surface area contributed by atoms with Crippen molar-refractivity contribution in [2.75, 3.05) is 6.61 Å². The molecule has 2 radical (unpaired) electrons.